The van der Waals surface area contributed by atoms with Crippen LogP contribution in [0.1, 0.15) is 44.7 Å². The van der Waals surface area contributed by atoms with Crippen LogP contribution in [0.25, 0.3) is 0 Å². The van der Waals surface area contributed by atoms with E-state index in [4.69, 9.17) is 0 Å². The molecule has 5 rings (SSSR count). The number of carbonyl (C=O) groups excluding carboxylic acids is 1. The largest absolute Gasteiger partial charge is 0.380 e. The zero-order valence-electron chi connectivity index (χ0n) is 18.6. The summed E-state index contributed by atoms with van der Waals surface area (Å²) in [6.07, 6.45) is 4.07. The third kappa shape index (κ3) is 4.16. The zero-order valence-corrected chi connectivity index (χ0v) is 20.2. The Bertz CT molecular complexity index is 1050. The fraction of sp³-hybridized carbons (Fsp3) is 0.542. The number of hydrogen-bond donors (Lipinski definition) is 2. The van der Waals surface area contributed by atoms with Crippen molar-refractivity contribution < 1.29 is 4.79 Å². The third-order valence-corrected chi connectivity index (χ3v) is 8.48. The Balaban J connectivity index is 1.39. The van der Waals surface area contributed by atoms with Gasteiger partial charge in [-0.05, 0) is 70.0 Å². The van der Waals surface area contributed by atoms with Crippen LogP contribution < -0.4 is 16.2 Å². The summed E-state index contributed by atoms with van der Waals surface area (Å²) in [5.74, 6) is 1.75. The van der Waals surface area contributed by atoms with E-state index in [0.717, 1.165) is 23.5 Å². The number of aryl methyl sites for hydroxylation is 1. The van der Waals surface area contributed by atoms with Crippen LogP contribution in [0, 0.1) is 30.1 Å². The van der Waals surface area contributed by atoms with E-state index < -0.39 is 0 Å². The normalized spacial score (nSPS) is 26.1. The average Bonchev–Trinajstić information content (AvgIpc) is 2.73. The van der Waals surface area contributed by atoms with Crippen molar-refractivity contribution in [2.45, 2.75) is 59.7 Å². The van der Waals surface area contributed by atoms with Gasteiger partial charge >= 0.3 is 0 Å². The molecule has 7 heteroatoms. The first-order chi connectivity index (χ1) is 14.7. The van der Waals surface area contributed by atoms with Gasteiger partial charge < -0.3 is 10.6 Å². The Hall–Kier alpha value is -2.15. The molecule has 166 valence electrons. The standard InChI is InChI=1S/C24H31BrN4O2/c1-14-7-5-6-8-16(14)11-26-21(30)13-29-23(31)22(25)20(12-27-29)28-19-10-17-9-18(15(19)2)24(17,3)4/h5-8,12,15,17-19,28H,9-11,13H2,1-4H3,(H,26,30)/t15-,17+,18-,19-/m1/s1. The smallest absolute Gasteiger partial charge is 0.283 e. The van der Waals surface area contributed by atoms with Crippen LogP contribution in [-0.4, -0.2) is 21.7 Å². The van der Waals surface area contributed by atoms with E-state index in [0.29, 0.717) is 40.0 Å². The zero-order chi connectivity index (χ0) is 22.3. The molecular formula is C24H31BrN4O2. The first-order valence-corrected chi connectivity index (χ1v) is 11.8. The van der Waals surface area contributed by atoms with Crippen molar-refractivity contribution in [1.82, 2.24) is 15.1 Å². The predicted molar refractivity (Wildman–Crippen MR) is 126 cm³/mol. The predicted octanol–water partition coefficient (Wildman–Crippen LogP) is 4.11. The minimum Gasteiger partial charge on any atom is -0.380 e. The van der Waals surface area contributed by atoms with Gasteiger partial charge in [-0.25, -0.2) is 4.68 Å². The summed E-state index contributed by atoms with van der Waals surface area (Å²) in [4.78, 5) is 25.2. The number of nitrogens with one attached hydrogen (secondary N) is 2. The number of aromatic nitrogens is 2. The molecule has 2 aromatic rings. The lowest BCUT2D eigenvalue weighted by molar-refractivity contribution is -0.122. The van der Waals surface area contributed by atoms with Crippen LogP contribution in [0.3, 0.4) is 0 Å². The van der Waals surface area contributed by atoms with E-state index in [9.17, 15) is 9.59 Å². The molecule has 2 N–H and O–H groups in total. The second-order valence-corrected chi connectivity index (χ2v) is 10.5. The van der Waals surface area contributed by atoms with Gasteiger partial charge in [0.15, 0.2) is 0 Å². The average molecular weight is 487 g/mol. The van der Waals surface area contributed by atoms with E-state index in [1.54, 1.807) is 6.20 Å². The molecule has 1 heterocycles. The minimum absolute atomic E-state index is 0.109. The van der Waals surface area contributed by atoms with Crippen molar-refractivity contribution in [2.24, 2.45) is 23.2 Å². The number of carbonyl (C=O) groups is 1. The molecule has 0 radical (unpaired) electrons. The summed E-state index contributed by atoms with van der Waals surface area (Å²) < 4.78 is 1.63. The summed E-state index contributed by atoms with van der Waals surface area (Å²) in [5.41, 5.74) is 3.00. The highest BCUT2D eigenvalue weighted by molar-refractivity contribution is 9.10. The van der Waals surface area contributed by atoms with Crippen LogP contribution >= 0.6 is 15.9 Å². The molecule has 3 aliphatic rings. The molecule has 1 aromatic heterocycles. The molecule has 3 saturated carbocycles. The highest BCUT2D eigenvalue weighted by Crippen LogP contribution is 2.61. The maximum Gasteiger partial charge on any atom is 0.283 e. The van der Waals surface area contributed by atoms with Gasteiger partial charge in [-0.3, -0.25) is 9.59 Å². The Morgan fingerprint density at radius 2 is 2.03 bits per heavy atom. The van der Waals surface area contributed by atoms with Gasteiger partial charge in [-0.2, -0.15) is 5.10 Å². The first-order valence-electron chi connectivity index (χ1n) is 11.0. The maximum absolute atomic E-state index is 12.8. The molecule has 4 atom stereocenters. The molecule has 6 nitrogen and oxygen atoms in total. The van der Waals surface area contributed by atoms with Gasteiger partial charge in [-0.15, -0.1) is 0 Å². The number of nitrogens with zero attached hydrogens (tertiary/aromatic N) is 2. The Morgan fingerprint density at radius 1 is 1.29 bits per heavy atom. The van der Waals surface area contributed by atoms with Crippen LogP contribution in [0.2, 0.25) is 0 Å². The van der Waals surface area contributed by atoms with Crippen molar-refractivity contribution in [3.8, 4) is 0 Å². The number of fused-ring (bicyclic) bond motifs is 2. The summed E-state index contributed by atoms with van der Waals surface area (Å²) >= 11 is 3.43. The molecule has 3 fully saturated rings. The van der Waals surface area contributed by atoms with E-state index in [-0.39, 0.29) is 18.0 Å². The van der Waals surface area contributed by atoms with Crippen molar-refractivity contribution in [3.05, 3.63) is 56.4 Å². The van der Waals surface area contributed by atoms with Crippen LogP contribution in [0.15, 0.2) is 39.7 Å². The van der Waals surface area contributed by atoms with Gasteiger partial charge in [0.05, 0.1) is 11.9 Å². The lowest BCUT2D eigenvalue weighted by atomic mass is 9.45. The van der Waals surface area contributed by atoms with Gasteiger partial charge in [0, 0.05) is 12.6 Å². The number of anilines is 1. The fourth-order valence-electron chi connectivity index (χ4n) is 5.41. The maximum atomic E-state index is 12.8. The quantitative estimate of drug-likeness (QED) is 0.643. The second kappa shape index (κ2) is 8.41. The summed E-state index contributed by atoms with van der Waals surface area (Å²) in [6, 6.07) is 8.24. The van der Waals surface area contributed by atoms with Crippen LogP contribution in [-0.2, 0) is 17.9 Å². The van der Waals surface area contributed by atoms with Crippen molar-refractivity contribution in [3.63, 3.8) is 0 Å². The molecule has 0 aliphatic heterocycles. The summed E-state index contributed by atoms with van der Waals surface area (Å²) in [5, 5.41) is 10.7. The van der Waals surface area contributed by atoms with Crippen LogP contribution in [0.5, 0.6) is 0 Å². The summed E-state index contributed by atoms with van der Waals surface area (Å²) in [6.45, 7) is 9.39. The lowest BCUT2D eigenvalue weighted by Gasteiger charge is -2.62. The van der Waals surface area contributed by atoms with Crippen molar-refractivity contribution in [2.75, 3.05) is 5.32 Å². The van der Waals surface area contributed by atoms with Gasteiger partial charge in [0.1, 0.15) is 11.0 Å². The summed E-state index contributed by atoms with van der Waals surface area (Å²) in [7, 11) is 0. The molecule has 3 aliphatic carbocycles. The molecule has 2 bridgehead atoms. The van der Waals surface area contributed by atoms with E-state index in [1.165, 1.54) is 11.1 Å². The second-order valence-electron chi connectivity index (χ2n) is 9.74. The molecule has 31 heavy (non-hydrogen) atoms. The van der Waals surface area contributed by atoms with E-state index in [1.807, 2.05) is 31.2 Å². The van der Waals surface area contributed by atoms with Crippen LogP contribution in [0.4, 0.5) is 5.69 Å². The van der Waals surface area contributed by atoms with Crippen molar-refractivity contribution in [1.29, 1.82) is 0 Å². The van der Waals surface area contributed by atoms with Crippen molar-refractivity contribution >= 4 is 27.5 Å². The number of benzene rings is 1. The first kappa shape index (κ1) is 22.1. The molecule has 0 unspecified atom stereocenters. The SMILES string of the molecule is Cc1ccccc1CNC(=O)Cn1ncc(N[C@@H]2C[C@@H]3C[C@H]([C@H]2C)C3(C)C)c(Br)c1=O. The Morgan fingerprint density at radius 3 is 2.71 bits per heavy atom. The third-order valence-electron chi connectivity index (χ3n) is 7.71. The number of hydrogen-bond acceptors (Lipinski definition) is 4. The number of halogens is 1. The Labute approximate surface area is 191 Å². The van der Waals surface area contributed by atoms with Gasteiger partial charge in [-0.1, -0.05) is 45.0 Å². The molecule has 1 aromatic carbocycles. The van der Waals surface area contributed by atoms with Gasteiger partial charge in [0.2, 0.25) is 5.91 Å². The molecule has 0 spiro atoms. The molecule has 0 saturated heterocycles. The van der Waals surface area contributed by atoms with E-state index in [2.05, 4.69) is 52.4 Å². The monoisotopic (exact) mass is 486 g/mol. The highest BCUT2D eigenvalue weighted by atomic mass is 79.9. The molecule has 1 amide bonds. The fourth-order valence-corrected chi connectivity index (χ4v) is 5.83. The molecular weight excluding hydrogens is 456 g/mol. The van der Waals surface area contributed by atoms with E-state index >= 15 is 0 Å². The number of rotatable bonds is 6. The van der Waals surface area contributed by atoms with Gasteiger partial charge in [0.25, 0.3) is 5.56 Å². The topological polar surface area (TPSA) is 76.0 Å². The number of amides is 1. The Kier molecular flexibility index (Phi) is 5.99. The lowest BCUT2D eigenvalue weighted by Crippen LogP contribution is -2.58. The minimum atomic E-state index is -0.301. The highest BCUT2D eigenvalue weighted by Gasteiger charge is 2.56.